The van der Waals surface area contributed by atoms with Crippen LogP contribution < -0.4 is 21.3 Å². The molecule has 4 aromatic rings. The van der Waals surface area contributed by atoms with Crippen molar-refractivity contribution in [3.63, 3.8) is 0 Å². The molecule has 4 rings (SSSR count). The Morgan fingerprint density at radius 3 is 2.77 bits per heavy atom. The van der Waals surface area contributed by atoms with Crippen LogP contribution in [0.5, 0.6) is 5.75 Å². The van der Waals surface area contributed by atoms with Gasteiger partial charge in [-0.2, -0.15) is 0 Å². The van der Waals surface area contributed by atoms with Crippen LogP contribution in [0, 0.1) is 0 Å². The summed E-state index contributed by atoms with van der Waals surface area (Å²) in [6, 6.07) is 5.77. The maximum Gasteiger partial charge on any atom is 0.333 e. The van der Waals surface area contributed by atoms with Gasteiger partial charge in [-0.3, -0.25) is 18.7 Å². The lowest BCUT2D eigenvalue weighted by atomic mass is 10.1. The number of hydrogen-bond acceptors (Lipinski definition) is 7. The number of unbranched alkanes of at least 4 members (excludes halogenated alkanes) is 2. The van der Waals surface area contributed by atoms with E-state index >= 15 is 0 Å². The molecule has 1 N–H and O–H groups in total. The zero-order valence-corrected chi connectivity index (χ0v) is 22.0. The van der Waals surface area contributed by atoms with E-state index in [0.717, 1.165) is 45.3 Å². The molecule has 0 aliphatic carbocycles. The highest BCUT2D eigenvalue weighted by Gasteiger charge is 2.19. The Kier molecular flexibility index (Phi) is 7.56. The predicted molar refractivity (Wildman–Crippen MR) is 139 cm³/mol. The lowest BCUT2D eigenvalue weighted by Gasteiger charge is -2.09. The van der Waals surface area contributed by atoms with Gasteiger partial charge < -0.3 is 14.5 Å². The topological polar surface area (TPSA) is 108 Å². The molecule has 1 amide bonds. The van der Waals surface area contributed by atoms with Gasteiger partial charge in [0.05, 0.1) is 29.5 Å². The molecule has 0 unspecified atom stereocenters. The molecule has 0 radical (unpaired) electrons. The Labute approximate surface area is 213 Å². The molecule has 3 aromatic heterocycles. The molecule has 3 heterocycles. The van der Waals surface area contributed by atoms with Crippen molar-refractivity contribution < 1.29 is 13.9 Å². The SMILES string of the molecule is CCCCCOc1ccc(-c2csc(NC(=O)Cc3coc4c3c(=O)n(C)c(=O)n4C)n2)cc1Br. The number of ether oxygens (including phenoxy) is 1. The average molecular weight is 561 g/mol. The van der Waals surface area contributed by atoms with Crippen LogP contribution in [0.4, 0.5) is 5.13 Å². The molecular weight excluding hydrogens is 536 g/mol. The first-order chi connectivity index (χ1) is 16.8. The Bertz CT molecular complexity index is 1500. The number of nitrogens with one attached hydrogen (secondary N) is 1. The minimum Gasteiger partial charge on any atom is -0.492 e. The predicted octanol–water partition coefficient (Wildman–Crippen LogP) is 4.47. The second-order valence-corrected chi connectivity index (χ2v) is 9.82. The number of rotatable bonds is 9. The van der Waals surface area contributed by atoms with Crippen molar-refractivity contribution in [1.29, 1.82) is 0 Å². The van der Waals surface area contributed by atoms with Crippen molar-refractivity contribution in [3.05, 3.63) is 60.7 Å². The third kappa shape index (κ3) is 5.25. The van der Waals surface area contributed by atoms with Crippen LogP contribution in [0.3, 0.4) is 0 Å². The highest BCUT2D eigenvalue weighted by molar-refractivity contribution is 9.10. The summed E-state index contributed by atoms with van der Waals surface area (Å²) >= 11 is 4.86. The first-order valence-corrected chi connectivity index (χ1v) is 12.8. The molecule has 0 spiro atoms. The number of benzene rings is 1. The van der Waals surface area contributed by atoms with Crippen molar-refractivity contribution >= 4 is 49.4 Å². The van der Waals surface area contributed by atoms with E-state index in [2.05, 4.69) is 33.2 Å². The molecule has 9 nitrogen and oxygen atoms in total. The van der Waals surface area contributed by atoms with Crippen LogP contribution in [0.2, 0.25) is 0 Å². The molecule has 0 saturated carbocycles. The Morgan fingerprint density at radius 2 is 2.03 bits per heavy atom. The standard InChI is InChI=1S/C24H25BrN4O5S/c1-4-5-6-9-33-18-8-7-14(10-16(18)25)17-13-35-23(26-17)27-19(30)11-15-12-34-22-20(15)21(31)28(2)24(32)29(22)3/h7-8,10,12-13H,4-6,9,11H2,1-3H3,(H,26,27,30). The molecule has 0 atom stereocenters. The zero-order chi connectivity index (χ0) is 25.1. The number of aromatic nitrogens is 3. The lowest BCUT2D eigenvalue weighted by molar-refractivity contribution is -0.115. The Balaban J connectivity index is 1.45. The minimum absolute atomic E-state index is 0.0923. The number of carbonyl (C=O) groups excluding carboxylic acids is 1. The highest BCUT2D eigenvalue weighted by Crippen LogP contribution is 2.32. The van der Waals surface area contributed by atoms with Gasteiger partial charge in [-0.1, -0.05) is 19.8 Å². The van der Waals surface area contributed by atoms with E-state index in [1.165, 1.54) is 36.3 Å². The van der Waals surface area contributed by atoms with E-state index < -0.39 is 11.2 Å². The maximum absolute atomic E-state index is 12.7. The summed E-state index contributed by atoms with van der Waals surface area (Å²) in [6.07, 6.45) is 4.54. The van der Waals surface area contributed by atoms with Crippen LogP contribution in [0.15, 0.2) is 48.3 Å². The van der Waals surface area contributed by atoms with Crippen molar-refractivity contribution in [2.24, 2.45) is 14.1 Å². The van der Waals surface area contributed by atoms with Gasteiger partial charge in [0.1, 0.15) is 11.1 Å². The van der Waals surface area contributed by atoms with E-state index in [-0.39, 0.29) is 23.4 Å². The van der Waals surface area contributed by atoms with Gasteiger partial charge in [0.25, 0.3) is 5.56 Å². The normalized spacial score (nSPS) is 11.2. The molecule has 0 aliphatic rings. The molecule has 0 bridgehead atoms. The average Bonchev–Trinajstić information content (AvgIpc) is 3.47. The third-order valence-corrected chi connectivity index (χ3v) is 6.96. The molecule has 0 fully saturated rings. The number of amides is 1. The van der Waals surface area contributed by atoms with Crippen LogP contribution in [0.1, 0.15) is 31.7 Å². The summed E-state index contributed by atoms with van der Waals surface area (Å²) in [5.41, 5.74) is 1.16. The molecule has 1 aromatic carbocycles. The van der Waals surface area contributed by atoms with Crippen LogP contribution in [0.25, 0.3) is 22.4 Å². The third-order valence-electron chi connectivity index (χ3n) is 5.58. The van der Waals surface area contributed by atoms with Gasteiger partial charge in [0.15, 0.2) is 5.13 Å². The largest absolute Gasteiger partial charge is 0.492 e. The number of carbonyl (C=O) groups is 1. The molecule has 35 heavy (non-hydrogen) atoms. The second kappa shape index (κ2) is 10.6. The number of nitrogens with zero attached hydrogens (tertiary/aromatic N) is 3. The molecule has 0 saturated heterocycles. The first kappa shape index (κ1) is 24.9. The number of anilines is 1. The van der Waals surface area contributed by atoms with Gasteiger partial charge in [-0.25, -0.2) is 9.78 Å². The van der Waals surface area contributed by atoms with Crippen molar-refractivity contribution in [2.75, 3.05) is 11.9 Å². The Hall–Kier alpha value is -3.18. The van der Waals surface area contributed by atoms with E-state index in [0.29, 0.717) is 17.3 Å². The number of fused-ring (bicyclic) bond motifs is 1. The molecule has 184 valence electrons. The first-order valence-electron chi connectivity index (χ1n) is 11.1. The lowest BCUT2D eigenvalue weighted by Crippen LogP contribution is -2.36. The van der Waals surface area contributed by atoms with Gasteiger partial charge >= 0.3 is 5.69 Å². The van der Waals surface area contributed by atoms with Gasteiger partial charge in [-0.05, 0) is 40.5 Å². The van der Waals surface area contributed by atoms with E-state index in [4.69, 9.17) is 9.15 Å². The van der Waals surface area contributed by atoms with Crippen molar-refractivity contribution in [2.45, 2.75) is 32.6 Å². The van der Waals surface area contributed by atoms with E-state index in [9.17, 15) is 14.4 Å². The summed E-state index contributed by atoms with van der Waals surface area (Å²) in [4.78, 5) is 41.8. The summed E-state index contributed by atoms with van der Waals surface area (Å²) in [5, 5.41) is 5.29. The molecular formula is C24H25BrN4O5S. The number of thiazole rings is 1. The van der Waals surface area contributed by atoms with E-state index in [1.54, 1.807) is 0 Å². The minimum atomic E-state index is -0.500. The van der Waals surface area contributed by atoms with Gasteiger partial charge in [0.2, 0.25) is 11.6 Å². The summed E-state index contributed by atoms with van der Waals surface area (Å²) < 4.78 is 14.3. The van der Waals surface area contributed by atoms with E-state index in [1.807, 2.05) is 23.6 Å². The fourth-order valence-corrected chi connectivity index (χ4v) is 4.89. The number of halogens is 1. The summed E-state index contributed by atoms with van der Waals surface area (Å²) in [7, 11) is 2.90. The smallest absolute Gasteiger partial charge is 0.333 e. The quantitative estimate of drug-likeness (QED) is 0.302. The van der Waals surface area contributed by atoms with Crippen molar-refractivity contribution in [3.8, 4) is 17.0 Å². The molecule has 11 heteroatoms. The summed E-state index contributed by atoms with van der Waals surface area (Å²) in [6.45, 7) is 2.83. The second-order valence-electron chi connectivity index (χ2n) is 8.11. The zero-order valence-electron chi connectivity index (χ0n) is 19.6. The van der Waals surface area contributed by atoms with Gasteiger partial charge in [-0.15, -0.1) is 11.3 Å². The highest BCUT2D eigenvalue weighted by atomic mass is 79.9. The van der Waals surface area contributed by atoms with Crippen molar-refractivity contribution in [1.82, 2.24) is 14.1 Å². The summed E-state index contributed by atoms with van der Waals surface area (Å²) in [5.74, 6) is 0.436. The Morgan fingerprint density at radius 1 is 1.23 bits per heavy atom. The number of hydrogen-bond donors (Lipinski definition) is 1. The fourth-order valence-electron chi connectivity index (χ4n) is 3.67. The number of furan rings is 1. The molecule has 0 aliphatic heterocycles. The van der Waals surface area contributed by atoms with Crippen LogP contribution >= 0.6 is 27.3 Å². The fraction of sp³-hybridized carbons (Fsp3) is 0.333. The number of aryl methyl sites for hydroxylation is 1. The van der Waals surface area contributed by atoms with Crippen LogP contribution in [-0.2, 0) is 25.3 Å². The maximum atomic E-state index is 12.7. The van der Waals surface area contributed by atoms with Gasteiger partial charge in [0, 0.05) is 30.6 Å². The van der Waals surface area contributed by atoms with Crippen LogP contribution in [-0.4, -0.2) is 26.6 Å². The monoisotopic (exact) mass is 560 g/mol.